The molecule has 1 amide bonds. The normalized spacial score (nSPS) is 25.8. The number of carbonyl (C=O) groups excluding carboxylic acids is 4. The van der Waals surface area contributed by atoms with E-state index < -0.39 is 29.4 Å². The summed E-state index contributed by atoms with van der Waals surface area (Å²) in [5.74, 6) is -1.44. The summed E-state index contributed by atoms with van der Waals surface area (Å²) in [7, 11) is 1.22. The second-order valence-electron chi connectivity index (χ2n) is 9.31. The van der Waals surface area contributed by atoms with Crippen LogP contribution in [0, 0.1) is 17.2 Å². The van der Waals surface area contributed by atoms with Gasteiger partial charge in [-0.1, -0.05) is 6.58 Å². The van der Waals surface area contributed by atoms with Gasteiger partial charge in [0.1, 0.15) is 5.82 Å². The zero-order chi connectivity index (χ0) is 25.0. The van der Waals surface area contributed by atoms with Gasteiger partial charge in [0.2, 0.25) is 5.91 Å². The minimum absolute atomic E-state index is 0.0262. The number of esters is 1. The van der Waals surface area contributed by atoms with Crippen LogP contribution in [-0.4, -0.2) is 60.8 Å². The Labute approximate surface area is 199 Å². The molecule has 0 aromatic heterocycles. The van der Waals surface area contributed by atoms with Crippen LogP contribution in [0.5, 0.6) is 0 Å². The molecule has 0 bridgehead atoms. The van der Waals surface area contributed by atoms with E-state index in [1.807, 2.05) is 0 Å². The number of Topliss-reactive ketones (excluding diaryl/α,β-unsaturated/α-hetero) is 2. The molecule has 0 N–H and O–H groups in total. The number of ketones is 2. The average molecular weight is 474 g/mol. The van der Waals surface area contributed by atoms with Crippen LogP contribution in [-0.2, 0) is 23.9 Å². The quantitative estimate of drug-likeness (QED) is 0.261. The van der Waals surface area contributed by atoms with E-state index in [-0.39, 0.29) is 41.8 Å². The smallest absolute Gasteiger partial charge is 0.322 e. The fraction of sp³-hybridized carbons (Fsp3) is 0.538. The third kappa shape index (κ3) is 5.27. The van der Waals surface area contributed by atoms with Crippen LogP contribution in [0.2, 0.25) is 0 Å². The van der Waals surface area contributed by atoms with Crippen molar-refractivity contribution in [1.82, 2.24) is 4.90 Å². The number of amides is 1. The van der Waals surface area contributed by atoms with Gasteiger partial charge in [0, 0.05) is 37.1 Å². The number of piperidine rings is 1. The van der Waals surface area contributed by atoms with Crippen molar-refractivity contribution in [2.75, 3.05) is 20.2 Å². The van der Waals surface area contributed by atoms with Gasteiger partial charge in [0.15, 0.2) is 17.0 Å². The highest BCUT2D eigenvalue weighted by atomic mass is 19.1. The molecule has 8 heteroatoms. The molecule has 2 heterocycles. The minimum atomic E-state index is -1.54. The number of likely N-dealkylation sites (tertiary alicyclic amines) is 1. The van der Waals surface area contributed by atoms with Crippen LogP contribution < -0.4 is 0 Å². The molecule has 2 fully saturated rings. The Balaban J connectivity index is 1.53. The Bertz CT molecular complexity index is 966. The summed E-state index contributed by atoms with van der Waals surface area (Å²) >= 11 is 0. The Kier molecular flexibility index (Phi) is 8.02. The molecule has 1 aromatic rings. The van der Waals surface area contributed by atoms with Gasteiger partial charge in [0.05, 0.1) is 19.3 Å². The molecule has 2 aliphatic rings. The van der Waals surface area contributed by atoms with Gasteiger partial charge in [-0.05, 0) is 63.3 Å². The number of methoxy groups -OCH3 is 1. The standard InChI is InChI=1S/C26H32FNO6/c1-16-17(2)34-22(26(3,24(16)31)25(32)33-4)9-10-23(30)28-13-11-18(12-14-28)15-21(29)19-5-7-20(27)8-6-19/h5-8,17-18,22H,1,9-15H2,2-4H3/t17-,22+,26-/m1/s1. The number of carbonyl (C=O) groups is 4. The Morgan fingerprint density at radius 1 is 1.21 bits per heavy atom. The van der Waals surface area contributed by atoms with E-state index in [1.54, 1.807) is 11.8 Å². The maximum Gasteiger partial charge on any atom is 0.322 e. The highest BCUT2D eigenvalue weighted by Crippen LogP contribution is 2.39. The molecule has 34 heavy (non-hydrogen) atoms. The third-order valence-electron chi connectivity index (χ3n) is 7.10. The zero-order valence-corrected chi connectivity index (χ0v) is 20.0. The molecule has 3 atom stereocenters. The lowest BCUT2D eigenvalue weighted by Crippen LogP contribution is -2.55. The van der Waals surface area contributed by atoms with Gasteiger partial charge in [-0.2, -0.15) is 0 Å². The summed E-state index contributed by atoms with van der Waals surface area (Å²) in [5.41, 5.74) is -0.827. The minimum Gasteiger partial charge on any atom is -0.468 e. The van der Waals surface area contributed by atoms with E-state index in [0.29, 0.717) is 37.9 Å². The molecular formula is C26H32FNO6. The molecule has 0 radical (unpaired) electrons. The van der Waals surface area contributed by atoms with Crippen LogP contribution in [0.25, 0.3) is 0 Å². The SMILES string of the molecule is C=C1C(=O)[C@](C)(C(=O)OC)[C@H](CCC(=O)N2CCC(CC(=O)c3ccc(F)cc3)CC2)O[C@@H]1C. The number of rotatable bonds is 7. The maximum absolute atomic E-state index is 13.1. The highest BCUT2D eigenvalue weighted by Gasteiger charge is 2.54. The molecule has 3 rings (SSSR count). The molecule has 184 valence electrons. The first-order valence-electron chi connectivity index (χ1n) is 11.6. The number of hydrogen-bond acceptors (Lipinski definition) is 6. The van der Waals surface area contributed by atoms with Crippen molar-refractivity contribution < 1.29 is 33.0 Å². The van der Waals surface area contributed by atoms with Gasteiger partial charge in [-0.3, -0.25) is 19.2 Å². The average Bonchev–Trinajstić information content (AvgIpc) is 2.84. The lowest BCUT2D eigenvalue weighted by Gasteiger charge is -2.41. The first kappa shape index (κ1) is 25.7. The molecule has 0 aliphatic carbocycles. The summed E-state index contributed by atoms with van der Waals surface area (Å²) in [5, 5.41) is 0. The number of ether oxygens (including phenoxy) is 2. The molecule has 2 saturated heterocycles. The fourth-order valence-electron chi connectivity index (χ4n) is 4.74. The number of benzene rings is 1. The van der Waals surface area contributed by atoms with Crippen molar-refractivity contribution >= 4 is 23.4 Å². The Morgan fingerprint density at radius 2 is 1.82 bits per heavy atom. The number of hydrogen-bond donors (Lipinski definition) is 0. The lowest BCUT2D eigenvalue weighted by atomic mass is 9.72. The van der Waals surface area contributed by atoms with Crippen molar-refractivity contribution in [3.05, 3.63) is 47.8 Å². The largest absolute Gasteiger partial charge is 0.468 e. The third-order valence-corrected chi connectivity index (χ3v) is 7.10. The second kappa shape index (κ2) is 10.6. The van der Waals surface area contributed by atoms with Crippen LogP contribution in [0.3, 0.4) is 0 Å². The van der Waals surface area contributed by atoms with E-state index in [2.05, 4.69) is 6.58 Å². The molecule has 0 saturated carbocycles. The second-order valence-corrected chi connectivity index (χ2v) is 9.31. The van der Waals surface area contributed by atoms with E-state index in [9.17, 15) is 23.6 Å². The highest BCUT2D eigenvalue weighted by molar-refractivity contribution is 6.13. The summed E-state index contributed by atoms with van der Waals surface area (Å²) in [6.07, 6.45) is 0.772. The molecule has 7 nitrogen and oxygen atoms in total. The van der Waals surface area contributed by atoms with Crippen LogP contribution in [0.4, 0.5) is 4.39 Å². The van der Waals surface area contributed by atoms with Gasteiger partial charge < -0.3 is 14.4 Å². The van der Waals surface area contributed by atoms with Crippen molar-refractivity contribution in [1.29, 1.82) is 0 Å². The maximum atomic E-state index is 13.1. The van der Waals surface area contributed by atoms with Gasteiger partial charge in [-0.15, -0.1) is 0 Å². The van der Waals surface area contributed by atoms with E-state index in [0.717, 1.165) is 0 Å². The van der Waals surface area contributed by atoms with E-state index in [4.69, 9.17) is 9.47 Å². The van der Waals surface area contributed by atoms with Crippen molar-refractivity contribution in [3.8, 4) is 0 Å². The van der Waals surface area contributed by atoms with Crippen LogP contribution in [0.1, 0.15) is 56.3 Å². The number of nitrogens with zero attached hydrogens (tertiary/aromatic N) is 1. The van der Waals surface area contributed by atoms with Gasteiger partial charge >= 0.3 is 5.97 Å². The summed E-state index contributed by atoms with van der Waals surface area (Å²) < 4.78 is 23.8. The summed E-state index contributed by atoms with van der Waals surface area (Å²) in [6.45, 7) is 7.99. The molecule has 1 aromatic carbocycles. The first-order valence-corrected chi connectivity index (χ1v) is 11.6. The van der Waals surface area contributed by atoms with Crippen molar-refractivity contribution in [3.63, 3.8) is 0 Å². The van der Waals surface area contributed by atoms with Crippen molar-refractivity contribution in [2.45, 2.75) is 58.2 Å². The topological polar surface area (TPSA) is 90.0 Å². The zero-order valence-electron chi connectivity index (χ0n) is 20.0. The van der Waals surface area contributed by atoms with Crippen molar-refractivity contribution in [2.24, 2.45) is 11.3 Å². The van der Waals surface area contributed by atoms with E-state index in [1.165, 1.54) is 38.3 Å². The molecular weight excluding hydrogens is 441 g/mol. The summed E-state index contributed by atoms with van der Waals surface area (Å²) in [4.78, 5) is 52.3. The van der Waals surface area contributed by atoms with Gasteiger partial charge in [-0.25, -0.2) is 4.39 Å². The predicted molar refractivity (Wildman–Crippen MR) is 122 cm³/mol. The Hall–Kier alpha value is -2.87. The molecule has 2 aliphatic heterocycles. The fourth-order valence-corrected chi connectivity index (χ4v) is 4.74. The first-order chi connectivity index (χ1) is 16.1. The number of halogens is 1. The summed E-state index contributed by atoms with van der Waals surface area (Å²) in [6, 6.07) is 5.54. The Morgan fingerprint density at radius 3 is 2.41 bits per heavy atom. The van der Waals surface area contributed by atoms with Crippen LogP contribution >= 0.6 is 0 Å². The molecule has 0 spiro atoms. The molecule has 0 unspecified atom stereocenters. The van der Waals surface area contributed by atoms with E-state index >= 15 is 0 Å². The van der Waals surface area contributed by atoms with Gasteiger partial charge in [0.25, 0.3) is 0 Å². The lowest BCUT2D eigenvalue weighted by molar-refractivity contribution is -0.176. The predicted octanol–water partition coefficient (Wildman–Crippen LogP) is 3.51. The monoisotopic (exact) mass is 473 g/mol. The van der Waals surface area contributed by atoms with Crippen LogP contribution in [0.15, 0.2) is 36.4 Å².